The summed E-state index contributed by atoms with van der Waals surface area (Å²) >= 11 is 0. The topological polar surface area (TPSA) is 43.4 Å². The SMILES string of the molecule is C#CC(CC)(Cc1ccccc1)C(=O)C(=O)OC. The molecule has 0 fully saturated rings. The molecule has 3 heteroatoms. The summed E-state index contributed by atoms with van der Waals surface area (Å²) in [6.45, 7) is 1.80. The first kappa shape index (κ1) is 14.0. The Morgan fingerprint density at radius 3 is 2.39 bits per heavy atom. The van der Waals surface area contributed by atoms with Gasteiger partial charge in [0, 0.05) is 0 Å². The molecule has 0 aliphatic heterocycles. The monoisotopic (exact) mass is 244 g/mol. The number of hydrogen-bond donors (Lipinski definition) is 0. The highest BCUT2D eigenvalue weighted by Gasteiger charge is 2.39. The minimum atomic E-state index is -1.12. The molecule has 0 radical (unpaired) electrons. The largest absolute Gasteiger partial charge is 0.463 e. The maximum Gasteiger partial charge on any atom is 0.375 e. The smallest absolute Gasteiger partial charge is 0.375 e. The molecule has 18 heavy (non-hydrogen) atoms. The van der Waals surface area contributed by atoms with Crippen LogP contribution in [-0.4, -0.2) is 18.9 Å². The van der Waals surface area contributed by atoms with E-state index in [1.165, 1.54) is 7.11 Å². The third-order valence-corrected chi connectivity index (χ3v) is 3.03. The molecule has 1 aromatic carbocycles. The average molecular weight is 244 g/mol. The summed E-state index contributed by atoms with van der Waals surface area (Å²) in [5.74, 6) is 0.941. The molecule has 0 N–H and O–H groups in total. The lowest BCUT2D eigenvalue weighted by atomic mass is 9.76. The lowest BCUT2D eigenvalue weighted by Crippen LogP contribution is -2.37. The lowest BCUT2D eigenvalue weighted by molar-refractivity contribution is -0.155. The van der Waals surface area contributed by atoms with Crippen LogP contribution < -0.4 is 0 Å². The molecular formula is C15H16O3. The van der Waals surface area contributed by atoms with Gasteiger partial charge in [0.1, 0.15) is 5.41 Å². The zero-order valence-electron chi connectivity index (χ0n) is 10.6. The molecule has 0 bridgehead atoms. The summed E-state index contributed by atoms with van der Waals surface area (Å²) in [7, 11) is 1.18. The van der Waals surface area contributed by atoms with E-state index < -0.39 is 17.2 Å². The molecule has 1 rings (SSSR count). The number of carbonyl (C=O) groups excluding carboxylic acids is 2. The Hall–Kier alpha value is -2.08. The highest BCUT2D eigenvalue weighted by Crippen LogP contribution is 2.28. The van der Waals surface area contributed by atoms with Crippen molar-refractivity contribution in [3.05, 3.63) is 35.9 Å². The van der Waals surface area contributed by atoms with E-state index in [0.29, 0.717) is 12.8 Å². The first-order chi connectivity index (χ1) is 8.59. The van der Waals surface area contributed by atoms with Gasteiger partial charge in [0.25, 0.3) is 5.78 Å². The molecule has 0 aliphatic rings. The summed E-state index contributed by atoms with van der Waals surface area (Å²) in [4.78, 5) is 23.4. The Morgan fingerprint density at radius 1 is 1.33 bits per heavy atom. The van der Waals surface area contributed by atoms with Gasteiger partial charge in [-0.1, -0.05) is 43.2 Å². The van der Waals surface area contributed by atoms with Crippen LogP contribution in [0.2, 0.25) is 0 Å². The molecule has 0 aromatic heterocycles. The molecule has 3 nitrogen and oxygen atoms in total. The van der Waals surface area contributed by atoms with Gasteiger partial charge in [-0.25, -0.2) is 4.79 Å². The van der Waals surface area contributed by atoms with Crippen molar-refractivity contribution in [2.24, 2.45) is 5.41 Å². The average Bonchev–Trinajstić information content (AvgIpc) is 2.44. The number of Topliss-reactive ketones (excluding diaryl/α,β-unsaturated/α-hetero) is 1. The van der Waals surface area contributed by atoms with Crippen molar-refractivity contribution >= 4 is 11.8 Å². The molecule has 1 aromatic rings. The van der Waals surface area contributed by atoms with Crippen molar-refractivity contribution in [2.75, 3.05) is 7.11 Å². The van der Waals surface area contributed by atoms with Crippen molar-refractivity contribution in [1.29, 1.82) is 0 Å². The van der Waals surface area contributed by atoms with E-state index in [1.54, 1.807) is 6.92 Å². The Morgan fingerprint density at radius 2 is 1.94 bits per heavy atom. The van der Waals surface area contributed by atoms with Crippen LogP contribution in [0.1, 0.15) is 18.9 Å². The van der Waals surface area contributed by atoms with Crippen molar-refractivity contribution < 1.29 is 14.3 Å². The molecule has 1 atom stereocenters. The summed E-state index contributed by atoms with van der Waals surface area (Å²) in [6.07, 6.45) is 6.22. The minimum Gasteiger partial charge on any atom is -0.463 e. The number of terminal acetylenes is 1. The lowest BCUT2D eigenvalue weighted by Gasteiger charge is -2.24. The van der Waals surface area contributed by atoms with Gasteiger partial charge < -0.3 is 4.74 Å². The van der Waals surface area contributed by atoms with Crippen LogP contribution >= 0.6 is 0 Å². The van der Waals surface area contributed by atoms with Gasteiger partial charge in [-0.2, -0.15) is 0 Å². The Labute approximate surface area is 107 Å². The number of methoxy groups -OCH3 is 1. The fourth-order valence-corrected chi connectivity index (χ4v) is 1.82. The van der Waals surface area contributed by atoms with Gasteiger partial charge in [-0.05, 0) is 18.4 Å². The number of esters is 1. The van der Waals surface area contributed by atoms with E-state index in [-0.39, 0.29) is 0 Å². The molecule has 0 amide bonds. The van der Waals surface area contributed by atoms with Crippen molar-refractivity contribution in [3.8, 4) is 12.3 Å². The van der Waals surface area contributed by atoms with Crippen molar-refractivity contribution in [1.82, 2.24) is 0 Å². The summed E-state index contributed by atoms with van der Waals surface area (Å²) in [5.41, 5.74) is -0.191. The van der Waals surface area contributed by atoms with Crippen LogP contribution in [0.3, 0.4) is 0 Å². The molecule has 0 heterocycles. The number of benzene rings is 1. The number of carbonyl (C=O) groups is 2. The quantitative estimate of drug-likeness (QED) is 0.452. The molecule has 0 saturated heterocycles. The van der Waals surface area contributed by atoms with Gasteiger partial charge in [0.15, 0.2) is 0 Å². The number of hydrogen-bond acceptors (Lipinski definition) is 3. The molecule has 1 unspecified atom stereocenters. The van der Waals surface area contributed by atoms with Gasteiger partial charge in [-0.3, -0.25) is 4.79 Å². The maximum absolute atomic E-state index is 12.0. The molecule has 94 valence electrons. The second-order valence-electron chi connectivity index (χ2n) is 4.06. The van der Waals surface area contributed by atoms with Crippen molar-refractivity contribution in [2.45, 2.75) is 19.8 Å². The number of ether oxygens (including phenoxy) is 1. The summed E-state index contributed by atoms with van der Waals surface area (Å²) < 4.78 is 4.48. The number of rotatable bonds is 5. The van der Waals surface area contributed by atoms with E-state index >= 15 is 0 Å². The second kappa shape index (κ2) is 6.02. The first-order valence-corrected chi connectivity index (χ1v) is 5.74. The summed E-state index contributed by atoms with van der Waals surface area (Å²) in [5, 5.41) is 0. The second-order valence-corrected chi connectivity index (χ2v) is 4.06. The van der Waals surface area contributed by atoms with E-state index in [4.69, 9.17) is 6.42 Å². The fraction of sp³-hybridized carbons (Fsp3) is 0.333. The Balaban J connectivity index is 3.06. The Bertz CT molecular complexity index is 470. The third-order valence-electron chi connectivity index (χ3n) is 3.03. The molecule has 0 saturated carbocycles. The highest BCUT2D eigenvalue weighted by atomic mass is 16.5. The van der Waals surface area contributed by atoms with Gasteiger partial charge >= 0.3 is 5.97 Å². The Kier molecular flexibility index (Phi) is 4.67. The van der Waals surface area contributed by atoms with Crippen LogP contribution in [0, 0.1) is 17.8 Å². The van der Waals surface area contributed by atoms with Crippen LogP contribution in [-0.2, 0) is 20.7 Å². The zero-order valence-corrected chi connectivity index (χ0v) is 10.6. The predicted molar refractivity (Wildman–Crippen MR) is 68.7 cm³/mol. The van der Waals surface area contributed by atoms with E-state index in [1.807, 2.05) is 30.3 Å². The first-order valence-electron chi connectivity index (χ1n) is 5.74. The van der Waals surface area contributed by atoms with Gasteiger partial charge in [0.2, 0.25) is 0 Å². The van der Waals surface area contributed by atoms with Crippen LogP contribution in [0.15, 0.2) is 30.3 Å². The van der Waals surface area contributed by atoms with E-state index in [2.05, 4.69) is 10.7 Å². The van der Waals surface area contributed by atoms with E-state index in [0.717, 1.165) is 5.56 Å². The standard InChI is InChI=1S/C15H16O3/c1-4-15(5-2,13(16)14(17)18-3)11-12-9-7-6-8-10-12/h1,6-10H,5,11H2,2-3H3. The predicted octanol–water partition coefficient (Wildman–Crippen LogP) is 2.00. The normalized spacial score (nSPS) is 13.2. The van der Waals surface area contributed by atoms with Crippen molar-refractivity contribution in [3.63, 3.8) is 0 Å². The molecule has 0 spiro atoms. The van der Waals surface area contributed by atoms with Crippen LogP contribution in [0.4, 0.5) is 0 Å². The molecular weight excluding hydrogens is 228 g/mol. The van der Waals surface area contributed by atoms with Crippen LogP contribution in [0.5, 0.6) is 0 Å². The molecule has 0 aliphatic carbocycles. The van der Waals surface area contributed by atoms with E-state index in [9.17, 15) is 9.59 Å². The van der Waals surface area contributed by atoms with Gasteiger partial charge in [0.05, 0.1) is 7.11 Å². The fourth-order valence-electron chi connectivity index (χ4n) is 1.82. The minimum absolute atomic E-state index is 0.342. The van der Waals surface area contributed by atoms with Crippen LogP contribution in [0.25, 0.3) is 0 Å². The number of ketones is 1. The highest BCUT2D eigenvalue weighted by molar-refractivity contribution is 6.36. The zero-order chi connectivity index (χ0) is 13.6. The third kappa shape index (κ3) is 2.78. The maximum atomic E-state index is 12.0. The summed E-state index contributed by atoms with van der Waals surface area (Å²) in [6, 6.07) is 9.39. The van der Waals surface area contributed by atoms with Gasteiger partial charge in [-0.15, -0.1) is 6.42 Å².